The molecule has 1 saturated heterocycles. The van der Waals surface area contributed by atoms with E-state index in [0.717, 1.165) is 38.6 Å². The standard InChI is InChI=1S/C21H40N4OS/c1-3-22-19(23-17-20(7-6-8-20)11-14-26-2)24-18-21(9-4-5-10-21)25-12-15-27-16-13-25/h3-18H2,1-2H3,(H2,22,23,24). The van der Waals surface area contributed by atoms with Crippen LogP contribution in [0.1, 0.15) is 58.3 Å². The summed E-state index contributed by atoms with van der Waals surface area (Å²) in [6.07, 6.45) is 10.5. The van der Waals surface area contributed by atoms with Gasteiger partial charge in [-0.25, -0.2) is 0 Å². The van der Waals surface area contributed by atoms with Crippen LogP contribution in [0.3, 0.4) is 0 Å². The Morgan fingerprint density at radius 3 is 2.41 bits per heavy atom. The van der Waals surface area contributed by atoms with Gasteiger partial charge in [0, 0.05) is 63.5 Å². The van der Waals surface area contributed by atoms with Crippen LogP contribution < -0.4 is 10.6 Å². The molecule has 0 atom stereocenters. The maximum atomic E-state index is 5.34. The number of ether oxygens (including phenoxy) is 1. The molecule has 2 aliphatic carbocycles. The van der Waals surface area contributed by atoms with Crippen LogP contribution in [0.4, 0.5) is 0 Å². The van der Waals surface area contributed by atoms with Gasteiger partial charge in [0.2, 0.25) is 0 Å². The van der Waals surface area contributed by atoms with Crippen molar-refractivity contribution in [3.8, 4) is 0 Å². The summed E-state index contributed by atoms with van der Waals surface area (Å²) in [7, 11) is 1.81. The second-order valence-electron chi connectivity index (χ2n) is 8.68. The van der Waals surface area contributed by atoms with Crippen molar-refractivity contribution in [3.05, 3.63) is 0 Å². The lowest BCUT2D eigenvalue weighted by molar-refractivity contribution is 0.0777. The van der Waals surface area contributed by atoms with Crippen molar-refractivity contribution in [1.82, 2.24) is 15.5 Å². The van der Waals surface area contributed by atoms with Crippen LogP contribution in [0.2, 0.25) is 0 Å². The van der Waals surface area contributed by atoms with Crippen LogP contribution in [0.25, 0.3) is 0 Å². The van der Waals surface area contributed by atoms with Gasteiger partial charge in [-0.15, -0.1) is 0 Å². The number of nitrogens with one attached hydrogen (secondary N) is 2. The minimum Gasteiger partial charge on any atom is -0.385 e. The van der Waals surface area contributed by atoms with Gasteiger partial charge in [-0.05, 0) is 44.4 Å². The molecule has 156 valence electrons. The monoisotopic (exact) mass is 396 g/mol. The van der Waals surface area contributed by atoms with Gasteiger partial charge in [-0.1, -0.05) is 19.3 Å². The summed E-state index contributed by atoms with van der Waals surface area (Å²) in [6, 6.07) is 0. The molecule has 5 nitrogen and oxygen atoms in total. The lowest BCUT2D eigenvalue weighted by Gasteiger charge is -2.44. The molecule has 27 heavy (non-hydrogen) atoms. The predicted octanol–water partition coefficient (Wildman–Crippen LogP) is 3.11. The molecule has 1 aliphatic heterocycles. The van der Waals surface area contributed by atoms with Crippen LogP contribution >= 0.6 is 11.8 Å². The van der Waals surface area contributed by atoms with E-state index in [1.165, 1.54) is 69.5 Å². The average Bonchev–Trinajstić information content (AvgIpc) is 3.16. The Hall–Kier alpha value is -0.460. The fraction of sp³-hybridized carbons (Fsp3) is 0.952. The van der Waals surface area contributed by atoms with Crippen molar-refractivity contribution in [3.63, 3.8) is 0 Å². The molecule has 2 saturated carbocycles. The molecule has 0 spiro atoms. The summed E-state index contributed by atoms with van der Waals surface area (Å²) in [4.78, 5) is 7.79. The second-order valence-corrected chi connectivity index (χ2v) is 9.90. The second kappa shape index (κ2) is 10.4. The van der Waals surface area contributed by atoms with Gasteiger partial charge in [0.15, 0.2) is 5.96 Å². The quantitative estimate of drug-likeness (QED) is 0.463. The van der Waals surface area contributed by atoms with E-state index >= 15 is 0 Å². The summed E-state index contributed by atoms with van der Waals surface area (Å²) in [6.45, 7) is 8.40. The smallest absolute Gasteiger partial charge is 0.191 e. The number of hydrogen-bond donors (Lipinski definition) is 2. The zero-order chi connectivity index (χ0) is 19.0. The molecule has 3 aliphatic rings. The minimum absolute atomic E-state index is 0.349. The van der Waals surface area contributed by atoms with Crippen molar-refractivity contribution in [2.24, 2.45) is 10.4 Å². The molecule has 3 fully saturated rings. The maximum absolute atomic E-state index is 5.34. The number of methoxy groups -OCH3 is 1. The third kappa shape index (κ3) is 5.54. The summed E-state index contributed by atoms with van der Waals surface area (Å²) in [5, 5.41) is 7.23. The van der Waals surface area contributed by atoms with Crippen LogP contribution in [0.5, 0.6) is 0 Å². The van der Waals surface area contributed by atoms with E-state index in [2.05, 4.69) is 34.2 Å². The van der Waals surface area contributed by atoms with Gasteiger partial charge in [-0.2, -0.15) is 11.8 Å². The van der Waals surface area contributed by atoms with E-state index in [-0.39, 0.29) is 0 Å². The van der Waals surface area contributed by atoms with Crippen LogP contribution in [-0.2, 0) is 4.74 Å². The number of guanidine groups is 1. The molecular weight excluding hydrogens is 356 g/mol. The highest BCUT2D eigenvalue weighted by atomic mass is 32.2. The molecule has 6 heteroatoms. The van der Waals surface area contributed by atoms with E-state index in [4.69, 9.17) is 9.73 Å². The Kier molecular flexibility index (Phi) is 8.15. The van der Waals surface area contributed by atoms with Crippen LogP contribution in [-0.4, -0.2) is 74.3 Å². The molecule has 0 aromatic carbocycles. The zero-order valence-electron chi connectivity index (χ0n) is 17.5. The minimum atomic E-state index is 0.349. The Bertz CT molecular complexity index is 469. The largest absolute Gasteiger partial charge is 0.385 e. The number of nitrogens with zero attached hydrogens (tertiary/aromatic N) is 2. The van der Waals surface area contributed by atoms with Gasteiger partial charge in [0.05, 0.1) is 0 Å². The van der Waals surface area contributed by atoms with E-state index in [0.29, 0.717) is 11.0 Å². The topological polar surface area (TPSA) is 48.9 Å². The molecule has 0 aromatic heterocycles. The Morgan fingerprint density at radius 2 is 1.81 bits per heavy atom. The summed E-state index contributed by atoms with van der Waals surface area (Å²) < 4.78 is 5.34. The number of aliphatic imine (C=N–C) groups is 1. The Balaban J connectivity index is 1.59. The van der Waals surface area contributed by atoms with Crippen molar-refractivity contribution in [1.29, 1.82) is 0 Å². The highest BCUT2D eigenvalue weighted by Crippen LogP contribution is 2.44. The fourth-order valence-electron chi connectivity index (χ4n) is 4.99. The van der Waals surface area contributed by atoms with Crippen LogP contribution in [0, 0.1) is 5.41 Å². The Labute approximate surface area is 170 Å². The van der Waals surface area contributed by atoms with Crippen molar-refractivity contribution in [2.45, 2.75) is 63.8 Å². The lowest BCUT2D eigenvalue weighted by atomic mass is 9.67. The predicted molar refractivity (Wildman–Crippen MR) is 117 cm³/mol. The summed E-state index contributed by atoms with van der Waals surface area (Å²) >= 11 is 2.11. The highest BCUT2D eigenvalue weighted by molar-refractivity contribution is 7.99. The number of thioether (sulfide) groups is 1. The van der Waals surface area contributed by atoms with Gasteiger partial charge < -0.3 is 15.4 Å². The van der Waals surface area contributed by atoms with Crippen molar-refractivity contribution >= 4 is 17.7 Å². The molecule has 0 unspecified atom stereocenters. The van der Waals surface area contributed by atoms with Crippen LogP contribution in [0.15, 0.2) is 4.99 Å². The third-order valence-electron chi connectivity index (χ3n) is 6.97. The zero-order valence-corrected chi connectivity index (χ0v) is 18.3. The first-order valence-electron chi connectivity index (χ1n) is 11.1. The molecule has 0 radical (unpaired) electrons. The summed E-state index contributed by atoms with van der Waals surface area (Å²) in [5.41, 5.74) is 0.731. The molecule has 0 amide bonds. The lowest BCUT2D eigenvalue weighted by Crippen LogP contribution is -2.57. The third-order valence-corrected chi connectivity index (χ3v) is 7.91. The van der Waals surface area contributed by atoms with E-state index in [9.17, 15) is 0 Å². The number of rotatable bonds is 9. The maximum Gasteiger partial charge on any atom is 0.191 e. The first-order valence-corrected chi connectivity index (χ1v) is 12.2. The van der Waals surface area contributed by atoms with Gasteiger partial charge in [0.1, 0.15) is 0 Å². The van der Waals surface area contributed by atoms with E-state index in [1.54, 1.807) is 7.11 Å². The highest BCUT2D eigenvalue weighted by Gasteiger charge is 2.40. The first kappa shape index (κ1) is 21.3. The van der Waals surface area contributed by atoms with Gasteiger partial charge >= 0.3 is 0 Å². The van der Waals surface area contributed by atoms with Crippen molar-refractivity contribution in [2.75, 3.05) is 57.9 Å². The molecule has 3 rings (SSSR count). The molecule has 2 N–H and O–H groups in total. The normalized spacial score (nSPS) is 25.2. The SMILES string of the molecule is CCNC(=NCC1(CCOC)CCC1)NCC1(N2CCSCC2)CCCC1. The first-order chi connectivity index (χ1) is 13.2. The average molecular weight is 397 g/mol. The van der Waals surface area contributed by atoms with E-state index in [1.807, 2.05) is 0 Å². The molecular formula is C21H40N4OS. The van der Waals surface area contributed by atoms with Gasteiger partial charge in [0.25, 0.3) is 0 Å². The Morgan fingerprint density at radius 1 is 1.07 bits per heavy atom. The van der Waals surface area contributed by atoms with E-state index < -0.39 is 0 Å². The number of hydrogen-bond acceptors (Lipinski definition) is 4. The molecule has 1 heterocycles. The fourth-order valence-corrected chi connectivity index (χ4v) is 5.90. The van der Waals surface area contributed by atoms with Gasteiger partial charge in [-0.3, -0.25) is 9.89 Å². The molecule has 0 bridgehead atoms. The van der Waals surface area contributed by atoms with Crippen molar-refractivity contribution < 1.29 is 4.74 Å². The summed E-state index contributed by atoms with van der Waals surface area (Å²) in [5.74, 6) is 3.59. The molecule has 0 aromatic rings.